The fourth-order valence-electron chi connectivity index (χ4n) is 2.48. The molecular weight excluding hydrogens is 362 g/mol. The minimum atomic E-state index is -0.489. The summed E-state index contributed by atoms with van der Waals surface area (Å²) >= 11 is 0. The first-order chi connectivity index (χ1) is 13.5. The molecule has 0 aliphatic heterocycles. The third kappa shape index (κ3) is 3.96. The molecule has 1 heterocycles. The third-order valence-corrected chi connectivity index (χ3v) is 3.83. The number of nitriles is 1. The summed E-state index contributed by atoms with van der Waals surface area (Å²) in [5, 5.41) is 26.6. The summed E-state index contributed by atoms with van der Waals surface area (Å²) < 4.78 is 6.92. The van der Waals surface area contributed by atoms with Gasteiger partial charge in [0.1, 0.15) is 5.75 Å². The van der Waals surface area contributed by atoms with E-state index in [2.05, 4.69) is 10.4 Å². The lowest BCUT2D eigenvalue weighted by Gasteiger charge is -2.11. The zero-order valence-corrected chi connectivity index (χ0v) is 14.8. The molecule has 0 unspecified atom stereocenters. The topological polar surface area (TPSA) is 123 Å². The van der Waals surface area contributed by atoms with Crippen LogP contribution in [0, 0.1) is 21.4 Å². The van der Waals surface area contributed by atoms with Crippen molar-refractivity contribution in [2.75, 3.05) is 11.9 Å². The minimum absolute atomic E-state index is 0.0327. The fraction of sp³-hybridized carbons (Fsp3) is 0.105. The van der Waals surface area contributed by atoms with Gasteiger partial charge in [0.05, 0.1) is 46.3 Å². The number of hydrogen-bond donors (Lipinski definition) is 1. The molecule has 0 aliphatic rings. The molecule has 1 amide bonds. The molecule has 9 heteroatoms. The normalized spacial score (nSPS) is 10.1. The van der Waals surface area contributed by atoms with E-state index in [1.165, 1.54) is 47.4 Å². The third-order valence-electron chi connectivity index (χ3n) is 3.83. The molecule has 2 aromatic carbocycles. The van der Waals surface area contributed by atoms with Crippen molar-refractivity contribution in [2.45, 2.75) is 6.92 Å². The molecule has 0 saturated heterocycles. The summed E-state index contributed by atoms with van der Waals surface area (Å²) in [4.78, 5) is 22.8. The number of carbonyl (C=O) groups is 1. The lowest BCUT2D eigenvalue weighted by molar-refractivity contribution is -0.384. The molecule has 1 N–H and O–H groups in total. The summed E-state index contributed by atoms with van der Waals surface area (Å²) in [6.07, 6.45) is 2.89. The highest BCUT2D eigenvalue weighted by Gasteiger charge is 2.14. The van der Waals surface area contributed by atoms with Gasteiger partial charge in [-0.1, -0.05) is 0 Å². The number of rotatable bonds is 6. The molecular formula is C19H15N5O4. The van der Waals surface area contributed by atoms with Crippen LogP contribution in [0.15, 0.2) is 54.9 Å². The molecule has 3 rings (SSSR count). The van der Waals surface area contributed by atoms with Crippen LogP contribution in [-0.4, -0.2) is 27.2 Å². The number of non-ortho nitro benzene ring substituents is 1. The van der Waals surface area contributed by atoms with E-state index in [0.717, 1.165) is 0 Å². The highest BCUT2D eigenvalue weighted by atomic mass is 16.6. The van der Waals surface area contributed by atoms with Crippen molar-refractivity contribution in [3.05, 3.63) is 76.1 Å². The number of anilines is 1. The summed E-state index contributed by atoms with van der Waals surface area (Å²) in [5.41, 5.74) is 1.60. The van der Waals surface area contributed by atoms with E-state index in [1.807, 2.05) is 13.0 Å². The number of nitro groups is 1. The van der Waals surface area contributed by atoms with E-state index in [4.69, 9.17) is 10.00 Å². The van der Waals surface area contributed by atoms with Crippen molar-refractivity contribution in [1.82, 2.24) is 9.78 Å². The predicted molar refractivity (Wildman–Crippen MR) is 100 cm³/mol. The van der Waals surface area contributed by atoms with Crippen LogP contribution in [-0.2, 0) is 0 Å². The number of carbonyl (C=O) groups excluding carboxylic acids is 1. The monoisotopic (exact) mass is 377 g/mol. The summed E-state index contributed by atoms with van der Waals surface area (Å²) in [5.74, 6) is 0.0295. The molecule has 0 radical (unpaired) electrons. The van der Waals surface area contributed by atoms with Crippen LogP contribution in [0.4, 0.5) is 11.4 Å². The fourth-order valence-corrected chi connectivity index (χ4v) is 2.48. The molecule has 0 atom stereocenters. The summed E-state index contributed by atoms with van der Waals surface area (Å²) in [7, 11) is 0. The van der Waals surface area contributed by atoms with Crippen LogP contribution in [0.25, 0.3) is 5.69 Å². The van der Waals surface area contributed by atoms with E-state index in [0.29, 0.717) is 29.3 Å². The van der Waals surface area contributed by atoms with Crippen molar-refractivity contribution in [3.63, 3.8) is 0 Å². The maximum absolute atomic E-state index is 12.6. The molecule has 0 bridgehead atoms. The number of hydrogen-bond acceptors (Lipinski definition) is 6. The van der Waals surface area contributed by atoms with Gasteiger partial charge in [-0.05, 0) is 37.3 Å². The maximum atomic E-state index is 12.6. The molecule has 0 spiro atoms. The average molecular weight is 377 g/mol. The van der Waals surface area contributed by atoms with Crippen LogP contribution in [0.5, 0.6) is 5.75 Å². The Kier molecular flexibility index (Phi) is 5.32. The van der Waals surface area contributed by atoms with Crippen LogP contribution in [0.1, 0.15) is 22.8 Å². The van der Waals surface area contributed by atoms with Gasteiger partial charge in [-0.2, -0.15) is 10.4 Å². The minimum Gasteiger partial charge on any atom is -0.492 e. The van der Waals surface area contributed by atoms with Gasteiger partial charge in [-0.15, -0.1) is 0 Å². The molecule has 0 aliphatic carbocycles. The number of amides is 1. The Morgan fingerprint density at radius 1 is 1.32 bits per heavy atom. The Morgan fingerprint density at radius 2 is 2.07 bits per heavy atom. The van der Waals surface area contributed by atoms with Crippen molar-refractivity contribution >= 4 is 17.3 Å². The number of ether oxygens (including phenoxy) is 1. The lowest BCUT2D eigenvalue weighted by atomic mass is 10.2. The van der Waals surface area contributed by atoms with Crippen molar-refractivity contribution < 1.29 is 14.5 Å². The van der Waals surface area contributed by atoms with Gasteiger partial charge >= 0.3 is 0 Å². The molecule has 140 valence electrons. The van der Waals surface area contributed by atoms with Crippen molar-refractivity contribution in [1.29, 1.82) is 5.26 Å². The Hall–Kier alpha value is -4.19. The number of nitrogens with zero attached hydrogens (tertiary/aromatic N) is 4. The molecule has 0 fully saturated rings. The van der Waals surface area contributed by atoms with E-state index >= 15 is 0 Å². The molecule has 1 aromatic heterocycles. The van der Waals surface area contributed by atoms with E-state index < -0.39 is 10.8 Å². The Bertz CT molecular complexity index is 1070. The Morgan fingerprint density at radius 3 is 2.71 bits per heavy atom. The van der Waals surface area contributed by atoms with Gasteiger partial charge in [0.15, 0.2) is 0 Å². The first-order valence-corrected chi connectivity index (χ1v) is 8.29. The van der Waals surface area contributed by atoms with Crippen LogP contribution in [0.2, 0.25) is 0 Å². The predicted octanol–water partition coefficient (Wildman–Crippen LogP) is 3.30. The van der Waals surface area contributed by atoms with E-state index in [9.17, 15) is 14.9 Å². The number of aromatic nitrogens is 2. The molecule has 0 saturated carbocycles. The second-order valence-electron chi connectivity index (χ2n) is 5.66. The smallest absolute Gasteiger partial charge is 0.269 e. The van der Waals surface area contributed by atoms with E-state index in [1.54, 1.807) is 12.1 Å². The van der Waals surface area contributed by atoms with Crippen LogP contribution >= 0.6 is 0 Å². The standard InChI is InChI=1S/C19H15N5O4/c1-2-28-18-8-3-13(10-20)9-17(18)22-19(25)14-11-21-23(12-14)15-4-6-16(7-5-15)24(26)27/h3-9,11-12H,2H2,1H3,(H,22,25). The number of nitro benzene ring substituents is 1. The van der Waals surface area contributed by atoms with E-state index in [-0.39, 0.29) is 11.3 Å². The van der Waals surface area contributed by atoms with Gasteiger partial charge < -0.3 is 10.1 Å². The zero-order valence-electron chi connectivity index (χ0n) is 14.8. The first-order valence-electron chi connectivity index (χ1n) is 8.29. The second kappa shape index (κ2) is 8.01. The quantitative estimate of drug-likeness (QED) is 0.519. The molecule has 3 aromatic rings. The van der Waals surface area contributed by atoms with Crippen molar-refractivity contribution in [3.8, 4) is 17.5 Å². The lowest BCUT2D eigenvalue weighted by Crippen LogP contribution is -2.12. The van der Waals surface area contributed by atoms with Gasteiger partial charge in [0.25, 0.3) is 11.6 Å². The van der Waals surface area contributed by atoms with Gasteiger partial charge in [0, 0.05) is 18.3 Å². The molecule has 28 heavy (non-hydrogen) atoms. The highest BCUT2D eigenvalue weighted by Crippen LogP contribution is 2.26. The molecule has 9 nitrogen and oxygen atoms in total. The zero-order chi connectivity index (χ0) is 20.1. The Labute approximate surface area is 159 Å². The highest BCUT2D eigenvalue weighted by molar-refractivity contribution is 6.04. The largest absolute Gasteiger partial charge is 0.492 e. The second-order valence-corrected chi connectivity index (χ2v) is 5.66. The Balaban J connectivity index is 1.81. The van der Waals surface area contributed by atoms with Gasteiger partial charge in [-0.3, -0.25) is 14.9 Å². The number of benzene rings is 2. The van der Waals surface area contributed by atoms with Crippen molar-refractivity contribution in [2.24, 2.45) is 0 Å². The van der Waals surface area contributed by atoms with Crippen LogP contribution in [0.3, 0.4) is 0 Å². The van der Waals surface area contributed by atoms with Crippen LogP contribution < -0.4 is 10.1 Å². The number of nitrogens with one attached hydrogen (secondary N) is 1. The van der Waals surface area contributed by atoms with Gasteiger partial charge in [0.2, 0.25) is 0 Å². The van der Waals surface area contributed by atoms with Gasteiger partial charge in [-0.25, -0.2) is 4.68 Å². The SMILES string of the molecule is CCOc1ccc(C#N)cc1NC(=O)c1cnn(-c2ccc([N+](=O)[O-])cc2)c1. The first kappa shape index (κ1) is 18.6. The summed E-state index contributed by atoms with van der Waals surface area (Å²) in [6.45, 7) is 2.23. The summed E-state index contributed by atoms with van der Waals surface area (Å²) in [6, 6.07) is 12.6. The average Bonchev–Trinajstić information content (AvgIpc) is 3.20. The maximum Gasteiger partial charge on any atom is 0.269 e.